The molecule has 1 saturated heterocycles. The van der Waals surface area contributed by atoms with Gasteiger partial charge in [-0.2, -0.15) is 0 Å². The maximum absolute atomic E-state index is 12.4. The van der Waals surface area contributed by atoms with Crippen LogP contribution in [0.25, 0.3) is 0 Å². The summed E-state index contributed by atoms with van der Waals surface area (Å²) in [6.07, 6.45) is 5.20. The second-order valence-corrected chi connectivity index (χ2v) is 6.91. The fraction of sp³-hybridized carbons (Fsp3) is 0.526. The molecule has 1 aromatic rings. The summed E-state index contributed by atoms with van der Waals surface area (Å²) >= 11 is 0. The highest BCUT2D eigenvalue weighted by molar-refractivity contribution is 5.96. The van der Waals surface area contributed by atoms with Crippen molar-refractivity contribution in [3.8, 4) is 0 Å². The molecule has 21 heavy (non-hydrogen) atoms. The van der Waals surface area contributed by atoms with Gasteiger partial charge in [-0.25, -0.2) is 0 Å². The highest BCUT2D eigenvalue weighted by atomic mass is 16.1. The molecule has 112 valence electrons. The summed E-state index contributed by atoms with van der Waals surface area (Å²) in [5.41, 5.74) is 2.62. The summed E-state index contributed by atoms with van der Waals surface area (Å²) in [6, 6.07) is 11.0. The second kappa shape index (κ2) is 5.42. The summed E-state index contributed by atoms with van der Waals surface area (Å²) in [4.78, 5) is 14.8. The van der Waals surface area contributed by atoms with E-state index in [0.29, 0.717) is 24.2 Å². The Hall–Kier alpha value is -1.41. The van der Waals surface area contributed by atoms with Gasteiger partial charge in [0.1, 0.15) is 0 Å². The number of piperidine rings is 1. The number of nitrogens with zero attached hydrogens (tertiary/aromatic N) is 1. The lowest BCUT2D eigenvalue weighted by Gasteiger charge is -2.44. The van der Waals surface area contributed by atoms with Crippen LogP contribution in [0.3, 0.4) is 0 Å². The van der Waals surface area contributed by atoms with Crippen molar-refractivity contribution in [2.75, 3.05) is 13.6 Å². The molecular formula is C19H25NO. The van der Waals surface area contributed by atoms with Crippen molar-refractivity contribution in [2.45, 2.75) is 45.1 Å². The molecule has 0 amide bonds. The first-order valence-electron chi connectivity index (χ1n) is 8.05. The predicted molar refractivity (Wildman–Crippen MR) is 86.3 cm³/mol. The summed E-state index contributed by atoms with van der Waals surface area (Å²) in [7, 11) is 2.17. The molecule has 2 aliphatic heterocycles. The molecular weight excluding hydrogens is 258 g/mol. The molecule has 4 rings (SSSR count). The molecule has 0 N–H and O–H groups in total. The fourth-order valence-electron chi connectivity index (χ4n) is 4.23. The average molecular weight is 283 g/mol. The van der Waals surface area contributed by atoms with Gasteiger partial charge in [-0.15, -0.1) is 0 Å². The third kappa shape index (κ3) is 2.46. The topological polar surface area (TPSA) is 20.3 Å². The number of allylic oxidation sites excluding steroid dienone is 1. The smallest absolute Gasteiger partial charge is 0.159 e. The van der Waals surface area contributed by atoms with Gasteiger partial charge in [-0.05, 0) is 30.9 Å². The van der Waals surface area contributed by atoms with Gasteiger partial charge in [-0.1, -0.05) is 50.3 Å². The van der Waals surface area contributed by atoms with Gasteiger partial charge in [0.2, 0.25) is 0 Å². The van der Waals surface area contributed by atoms with Crippen LogP contribution in [-0.2, 0) is 4.79 Å². The molecule has 3 unspecified atom stereocenters. The van der Waals surface area contributed by atoms with E-state index in [1.54, 1.807) is 0 Å². The zero-order valence-corrected chi connectivity index (χ0v) is 13.3. The fourth-order valence-corrected chi connectivity index (χ4v) is 4.23. The number of benzene rings is 1. The Balaban J connectivity index is 2.10. The first kappa shape index (κ1) is 14.5. The molecule has 2 nitrogen and oxygen atoms in total. The lowest BCUT2D eigenvalue weighted by atomic mass is 9.70. The quantitative estimate of drug-likeness (QED) is 0.841. The number of likely N-dealkylation sites (N-methyl/N-ethyl adjacent to an activating group) is 1. The van der Waals surface area contributed by atoms with Gasteiger partial charge in [0.05, 0.1) is 0 Å². The molecule has 3 atom stereocenters. The Morgan fingerprint density at radius 1 is 1.33 bits per heavy atom. The molecule has 0 radical (unpaired) electrons. The summed E-state index contributed by atoms with van der Waals surface area (Å²) < 4.78 is 0. The van der Waals surface area contributed by atoms with E-state index < -0.39 is 0 Å². The molecule has 1 aromatic carbocycles. The van der Waals surface area contributed by atoms with Crippen LogP contribution in [0, 0.1) is 5.41 Å². The molecule has 1 aliphatic carbocycles. The third-order valence-electron chi connectivity index (χ3n) is 5.39. The number of hydrogen-bond donors (Lipinski definition) is 0. The summed E-state index contributed by atoms with van der Waals surface area (Å²) in [5.74, 6) is 0.665. The standard InChI is InChI=1S/C19H25NO/c1-4-18(21)15-12-16(14-8-6-5-7-9-14)19(2)11-10-17(15)20(3)13-19/h5-9,12,16-17H,4,10-11,13H2,1-3H3. The SMILES string of the molecule is CCC(=O)C1=CC(c2ccccc2)C2(C)CCC1N(C)C2. The number of hydrogen-bond acceptors (Lipinski definition) is 2. The van der Waals surface area contributed by atoms with E-state index in [2.05, 4.69) is 55.3 Å². The van der Waals surface area contributed by atoms with Crippen LogP contribution in [0.1, 0.15) is 44.6 Å². The largest absolute Gasteiger partial charge is 0.299 e. The van der Waals surface area contributed by atoms with Crippen LogP contribution in [-0.4, -0.2) is 30.3 Å². The minimum atomic E-state index is 0.225. The second-order valence-electron chi connectivity index (χ2n) is 6.91. The highest BCUT2D eigenvalue weighted by Crippen LogP contribution is 2.49. The summed E-state index contributed by atoms with van der Waals surface area (Å²) in [6.45, 7) is 5.42. The minimum absolute atomic E-state index is 0.225. The van der Waals surface area contributed by atoms with Crippen LogP contribution >= 0.6 is 0 Å². The lowest BCUT2D eigenvalue weighted by Crippen LogP contribution is -2.46. The Morgan fingerprint density at radius 3 is 2.67 bits per heavy atom. The average Bonchev–Trinajstić information content (AvgIpc) is 2.70. The number of carbonyl (C=O) groups is 1. The van der Waals surface area contributed by atoms with Crippen LogP contribution in [0.4, 0.5) is 0 Å². The predicted octanol–water partition coefficient (Wildman–Crippen LogP) is 3.79. The van der Waals surface area contributed by atoms with E-state index in [9.17, 15) is 4.79 Å². The zero-order chi connectivity index (χ0) is 15.0. The van der Waals surface area contributed by atoms with Crippen molar-refractivity contribution in [2.24, 2.45) is 5.41 Å². The molecule has 2 heteroatoms. The Labute approximate surface area is 127 Å². The molecule has 0 aromatic heterocycles. The molecule has 2 heterocycles. The molecule has 1 fully saturated rings. The summed E-state index contributed by atoms with van der Waals surface area (Å²) in [5, 5.41) is 0. The maximum Gasteiger partial charge on any atom is 0.159 e. The van der Waals surface area contributed by atoms with Gasteiger partial charge in [-0.3, -0.25) is 9.69 Å². The monoisotopic (exact) mass is 283 g/mol. The number of carbonyl (C=O) groups excluding carboxylic acids is 1. The minimum Gasteiger partial charge on any atom is -0.299 e. The Morgan fingerprint density at radius 2 is 2.05 bits per heavy atom. The van der Waals surface area contributed by atoms with Crippen molar-refractivity contribution in [3.63, 3.8) is 0 Å². The number of ketones is 1. The first-order chi connectivity index (χ1) is 10.0. The van der Waals surface area contributed by atoms with Crippen molar-refractivity contribution in [1.29, 1.82) is 0 Å². The molecule has 0 spiro atoms. The van der Waals surface area contributed by atoms with Gasteiger partial charge in [0.15, 0.2) is 5.78 Å². The van der Waals surface area contributed by atoms with E-state index in [1.165, 1.54) is 12.0 Å². The van der Waals surface area contributed by atoms with Crippen LogP contribution in [0.2, 0.25) is 0 Å². The van der Waals surface area contributed by atoms with E-state index in [-0.39, 0.29) is 5.41 Å². The number of Topliss-reactive ketones (excluding diaryl/α,β-unsaturated/α-hetero) is 1. The van der Waals surface area contributed by atoms with Crippen LogP contribution < -0.4 is 0 Å². The van der Waals surface area contributed by atoms with Gasteiger partial charge < -0.3 is 0 Å². The normalized spacial score (nSPS) is 32.6. The van der Waals surface area contributed by atoms with Crippen LogP contribution in [0.5, 0.6) is 0 Å². The zero-order valence-electron chi connectivity index (χ0n) is 13.3. The van der Waals surface area contributed by atoms with Crippen molar-refractivity contribution < 1.29 is 4.79 Å². The molecule has 2 bridgehead atoms. The third-order valence-corrected chi connectivity index (χ3v) is 5.39. The molecule has 3 aliphatic rings. The Bertz CT molecular complexity index is 562. The van der Waals surface area contributed by atoms with E-state index in [1.807, 2.05) is 6.92 Å². The van der Waals surface area contributed by atoms with E-state index >= 15 is 0 Å². The number of fused-ring (bicyclic) bond motifs is 3. The maximum atomic E-state index is 12.4. The van der Waals surface area contributed by atoms with E-state index in [4.69, 9.17) is 0 Å². The first-order valence-corrected chi connectivity index (χ1v) is 8.05. The van der Waals surface area contributed by atoms with Gasteiger partial charge in [0.25, 0.3) is 0 Å². The number of rotatable bonds is 3. The van der Waals surface area contributed by atoms with Crippen molar-refractivity contribution in [3.05, 3.63) is 47.5 Å². The van der Waals surface area contributed by atoms with Crippen LogP contribution in [0.15, 0.2) is 42.0 Å². The molecule has 0 saturated carbocycles. The van der Waals surface area contributed by atoms with Crippen molar-refractivity contribution >= 4 is 5.78 Å². The van der Waals surface area contributed by atoms with Crippen molar-refractivity contribution in [1.82, 2.24) is 4.90 Å². The lowest BCUT2D eigenvalue weighted by molar-refractivity contribution is -0.116. The van der Waals surface area contributed by atoms with E-state index in [0.717, 1.165) is 18.5 Å². The Kier molecular flexibility index (Phi) is 3.75. The van der Waals surface area contributed by atoms with Gasteiger partial charge in [0, 0.05) is 30.5 Å². The van der Waals surface area contributed by atoms with Gasteiger partial charge >= 0.3 is 0 Å². The highest BCUT2D eigenvalue weighted by Gasteiger charge is 2.45.